The zero-order valence-electron chi connectivity index (χ0n) is 17.6. The molecule has 1 aromatic carbocycles. The maximum Gasteiger partial charge on any atom is 0.436 e. The fourth-order valence-electron chi connectivity index (χ4n) is 3.05. The Morgan fingerprint density at radius 1 is 1.09 bits per heavy atom. The summed E-state index contributed by atoms with van der Waals surface area (Å²) in [4.78, 5) is 35.9. The molecular formula is C22H25F3O7. The van der Waals surface area contributed by atoms with Crippen LogP contribution in [0.4, 0.5) is 13.2 Å². The summed E-state index contributed by atoms with van der Waals surface area (Å²) in [6.45, 7) is 2.81. The number of hydrogen-bond acceptors (Lipinski definition) is 7. The van der Waals surface area contributed by atoms with Crippen molar-refractivity contribution in [2.45, 2.75) is 63.5 Å². The number of carbonyl (C=O) groups is 3. The highest BCUT2D eigenvalue weighted by Crippen LogP contribution is 2.26. The number of benzene rings is 1. The van der Waals surface area contributed by atoms with Gasteiger partial charge in [-0.05, 0) is 43.4 Å². The van der Waals surface area contributed by atoms with Gasteiger partial charge in [-0.15, -0.1) is 0 Å². The highest BCUT2D eigenvalue weighted by molar-refractivity contribution is 5.94. The van der Waals surface area contributed by atoms with Crippen LogP contribution in [0.2, 0.25) is 0 Å². The molecule has 176 valence electrons. The van der Waals surface area contributed by atoms with E-state index in [9.17, 15) is 27.6 Å². The van der Waals surface area contributed by atoms with Crippen molar-refractivity contribution in [1.82, 2.24) is 0 Å². The molecule has 1 atom stereocenters. The Kier molecular flexibility index (Phi) is 9.10. The summed E-state index contributed by atoms with van der Waals surface area (Å²) in [7, 11) is 1.45. The van der Waals surface area contributed by atoms with Crippen molar-refractivity contribution in [3.8, 4) is 5.75 Å². The minimum absolute atomic E-state index is 0.282. The topological polar surface area (TPSA) is 88.1 Å². The molecule has 10 heteroatoms. The highest BCUT2D eigenvalue weighted by Gasteiger charge is 2.49. The minimum atomic E-state index is -5.21. The number of carbonyl (C=O) groups excluding carboxylic acids is 3. The minimum Gasteiger partial charge on any atom is -0.497 e. The predicted octanol–water partition coefficient (Wildman–Crippen LogP) is 4.03. The number of halogens is 3. The molecule has 0 heterocycles. The normalized spacial score (nSPS) is 15.4. The van der Waals surface area contributed by atoms with E-state index >= 15 is 0 Å². The lowest BCUT2D eigenvalue weighted by Crippen LogP contribution is -2.42. The van der Waals surface area contributed by atoms with Crippen LogP contribution in [-0.4, -0.2) is 43.4 Å². The Hall–Kier alpha value is -3.04. The van der Waals surface area contributed by atoms with Crippen LogP contribution >= 0.6 is 0 Å². The molecule has 0 spiro atoms. The Morgan fingerprint density at radius 2 is 1.72 bits per heavy atom. The van der Waals surface area contributed by atoms with Gasteiger partial charge in [0.25, 0.3) is 6.10 Å². The number of methoxy groups -OCH3 is 1. The van der Waals surface area contributed by atoms with Crippen LogP contribution in [0.25, 0.3) is 0 Å². The van der Waals surface area contributed by atoms with Crippen molar-refractivity contribution >= 4 is 17.9 Å². The average molecular weight is 458 g/mol. The van der Waals surface area contributed by atoms with Gasteiger partial charge in [0.1, 0.15) is 18.5 Å². The summed E-state index contributed by atoms with van der Waals surface area (Å²) in [5.74, 6) is -3.60. The van der Waals surface area contributed by atoms with Gasteiger partial charge in [-0.1, -0.05) is 25.1 Å². The molecule has 7 nitrogen and oxygen atoms in total. The second-order valence-electron chi connectivity index (χ2n) is 7.31. The lowest BCUT2D eigenvalue weighted by molar-refractivity contribution is -0.228. The Labute approximate surface area is 183 Å². The van der Waals surface area contributed by atoms with Crippen LogP contribution in [0.15, 0.2) is 36.4 Å². The maximum absolute atomic E-state index is 13.3. The molecule has 0 radical (unpaired) electrons. The lowest BCUT2D eigenvalue weighted by Gasteiger charge is -2.22. The molecule has 0 saturated heterocycles. The number of esters is 3. The van der Waals surface area contributed by atoms with Crippen molar-refractivity contribution < 1.29 is 46.5 Å². The van der Waals surface area contributed by atoms with E-state index in [2.05, 4.69) is 16.1 Å². The first kappa shape index (κ1) is 25.2. The van der Waals surface area contributed by atoms with Gasteiger partial charge in [0, 0.05) is 5.57 Å². The summed E-state index contributed by atoms with van der Waals surface area (Å²) in [5.41, 5.74) is -0.149. The number of rotatable bonds is 9. The van der Waals surface area contributed by atoms with Gasteiger partial charge in [0.2, 0.25) is 0 Å². The number of hydrogen-bond donors (Lipinski definition) is 0. The third-order valence-corrected chi connectivity index (χ3v) is 4.77. The first-order chi connectivity index (χ1) is 15.1. The lowest BCUT2D eigenvalue weighted by atomic mass is 9.98. The fourth-order valence-corrected chi connectivity index (χ4v) is 3.05. The van der Waals surface area contributed by atoms with Gasteiger partial charge < -0.3 is 18.9 Å². The van der Waals surface area contributed by atoms with E-state index in [0.717, 1.165) is 19.3 Å². The van der Waals surface area contributed by atoms with E-state index in [-0.39, 0.29) is 6.10 Å². The molecule has 0 bridgehead atoms. The first-order valence-electron chi connectivity index (χ1n) is 10.0. The summed E-state index contributed by atoms with van der Waals surface area (Å²) in [5, 5.41) is 0. The predicted molar refractivity (Wildman–Crippen MR) is 105 cm³/mol. The fraction of sp³-hybridized carbons (Fsp3) is 0.500. The summed E-state index contributed by atoms with van der Waals surface area (Å²) < 4.78 is 58.9. The highest BCUT2D eigenvalue weighted by atomic mass is 19.4. The number of ether oxygens (including phenoxy) is 4. The molecule has 0 N–H and O–H groups in total. The van der Waals surface area contributed by atoms with Crippen molar-refractivity contribution in [3.63, 3.8) is 0 Å². The Morgan fingerprint density at radius 3 is 2.28 bits per heavy atom. The molecule has 32 heavy (non-hydrogen) atoms. The van der Waals surface area contributed by atoms with E-state index in [0.29, 0.717) is 24.2 Å². The molecule has 1 unspecified atom stereocenters. The summed E-state index contributed by atoms with van der Waals surface area (Å²) >= 11 is 0. The van der Waals surface area contributed by atoms with E-state index in [4.69, 9.17) is 9.47 Å². The van der Waals surface area contributed by atoms with Gasteiger partial charge in [-0.3, -0.25) is 4.79 Å². The van der Waals surface area contributed by atoms with Crippen LogP contribution < -0.4 is 4.74 Å². The molecule has 1 aliphatic carbocycles. The largest absolute Gasteiger partial charge is 0.497 e. The van der Waals surface area contributed by atoms with E-state index < -0.39 is 48.8 Å². The third kappa shape index (κ3) is 7.90. The summed E-state index contributed by atoms with van der Waals surface area (Å²) in [6, 6.07) is 6.09. The molecule has 2 rings (SSSR count). The second kappa shape index (κ2) is 11.5. The molecule has 1 aromatic rings. The quantitative estimate of drug-likeness (QED) is 0.314. The maximum atomic E-state index is 13.3. The molecule has 0 aliphatic heterocycles. The average Bonchev–Trinajstić information content (AvgIpc) is 2.75. The monoisotopic (exact) mass is 458 g/mol. The zero-order valence-corrected chi connectivity index (χ0v) is 17.6. The molecule has 1 saturated carbocycles. The van der Waals surface area contributed by atoms with Crippen LogP contribution in [-0.2, 0) is 35.2 Å². The summed E-state index contributed by atoms with van der Waals surface area (Å²) in [6.07, 6.45) is -5.04. The molecule has 0 aromatic heterocycles. The molecular weight excluding hydrogens is 433 g/mol. The standard InChI is InChI=1S/C22H25F3O7/c1-14(12-18(26)31-17-6-4-3-5-7-17)20(27)32-19(22(23,24)25)21(28)30-13-15-8-10-16(29-2)11-9-15/h8-11,17,19H,1,3-7,12-13H2,2H3. The van der Waals surface area contributed by atoms with E-state index in [1.807, 2.05) is 0 Å². The van der Waals surface area contributed by atoms with Crippen LogP contribution in [0.3, 0.4) is 0 Å². The smallest absolute Gasteiger partial charge is 0.436 e. The third-order valence-electron chi connectivity index (χ3n) is 4.77. The second-order valence-corrected chi connectivity index (χ2v) is 7.31. The van der Waals surface area contributed by atoms with Crippen molar-refractivity contribution in [1.29, 1.82) is 0 Å². The van der Waals surface area contributed by atoms with Gasteiger partial charge in [0.15, 0.2) is 0 Å². The van der Waals surface area contributed by atoms with Crippen LogP contribution in [0.1, 0.15) is 44.1 Å². The van der Waals surface area contributed by atoms with E-state index in [1.165, 1.54) is 19.2 Å². The van der Waals surface area contributed by atoms with Crippen molar-refractivity contribution in [3.05, 3.63) is 42.0 Å². The van der Waals surface area contributed by atoms with Crippen LogP contribution in [0.5, 0.6) is 5.75 Å². The first-order valence-corrected chi connectivity index (χ1v) is 10.0. The zero-order chi connectivity index (χ0) is 23.7. The van der Waals surface area contributed by atoms with E-state index in [1.54, 1.807) is 12.1 Å². The van der Waals surface area contributed by atoms with Gasteiger partial charge in [0.05, 0.1) is 13.5 Å². The molecule has 1 aliphatic rings. The Bertz CT molecular complexity index is 812. The van der Waals surface area contributed by atoms with Crippen molar-refractivity contribution in [2.75, 3.05) is 7.11 Å². The molecule has 1 fully saturated rings. The molecule has 0 amide bonds. The van der Waals surface area contributed by atoms with Gasteiger partial charge >= 0.3 is 24.1 Å². The SMILES string of the molecule is C=C(CC(=O)OC1CCCCC1)C(=O)OC(C(=O)OCc1ccc(OC)cc1)C(F)(F)F. The van der Waals surface area contributed by atoms with Crippen molar-refractivity contribution in [2.24, 2.45) is 0 Å². The van der Waals surface area contributed by atoms with Gasteiger partial charge in [-0.25, -0.2) is 9.59 Å². The van der Waals surface area contributed by atoms with Crippen LogP contribution in [0, 0.1) is 0 Å². The Balaban J connectivity index is 1.90. The van der Waals surface area contributed by atoms with Gasteiger partial charge in [-0.2, -0.15) is 13.2 Å². The number of alkyl halides is 3.